The summed E-state index contributed by atoms with van der Waals surface area (Å²) in [6, 6.07) is 0. The molecule has 2 atom stereocenters. The van der Waals surface area contributed by atoms with Crippen LogP contribution in [-0.4, -0.2) is 29.2 Å². The molecule has 0 heterocycles. The molecule has 0 aromatic rings. The van der Waals surface area contributed by atoms with Crippen LogP contribution in [0, 0.1) is 5.92 Å². The molecule has 98 valence electrons. The van der Waals surface area contributed by atoms with E-state index in [1.54, 1.807) is 0 Å². The fourth-order valence-electron chi connectivity index (χ4n) is 3.06. The van der Waals surface area contributed by atoms with E-state index in [2.05, 4.69) is 5.32 Å². The van der Waals surface area contributed by atoms with E-state index in [4.69, 9.17) is 5.73 Å². The van der Waals surface area contributed by atoms with E-state index in [0.717, 1.165) is 51.4 Å². The maximum Gasteiger partial charge on any atom is 0.240 e. The third-order valence-corrected chi connectivity index (χ3v) is 4.34. The van der Waals surface area contributed by atoms with Crippen molar-refractivity contribution in [2.45, 2.75) is 63.0 Å². The Hall–Kier alpha value is -0.610. The van der Waals surface area contributed by atoms with Crippen LogP contribution < -0.4 is 11.1 Å². The topological polar surface area (TPSA) is 75.4 Å². The van der Waals surface area contributed by atoms with E-state index in [-0.39, 0.29) is 17.9 Å². The van der Waals surface area contributed by atoms with E-state index in [1.807, 2.05) is 0 Å². The molecule has 0 radical (unpaired) electrons. The lowest BCUT2D eigenvalue weighted by Crippen LogP contribution is -2.53. The summed E-state index contributed by atoms with van der Waals surface area (Å²) >= 11 is 0. The summed E-state index contributed by atoms with van der Waals surface area (Å²) in [5.41, 5.74) is 5.44. The van der Waals surface area contributed by atoms with Crippen LogP contribution >= 0.6 is 0 Å². The quantitative estimate of drug-likeness (QED) is 0.687. The maximum atomic E-state index is 12.0. The van der Waals surface area contributed by atoms with Crippen molar-refractivity contribution in [2.24, 2.45) is 11.7 Å². The van der Waals surface area contributed by atoms with Gasteiger partial charge in [-0.2, -0.15) is 0 Å². The number of carbonyl (C=O) groups excluding carboxylic acids is 1. The molecule has 0 bridgehead atoms. The van der Waals surface area contributed by atoms with Gasteiger partial charge in [0, 0.05) is 12.5 Å². The molecule has 4 N–H and O–H groups in total. The Morgan fingerprint density at radius 1 is 1.24 bits per heavy atom. The third-order valence-electron chi connectivity index (χ3n) is 4.34. The van der Waals surface area contributed by atoms with E-state index in [9.17, 15) is 9.90 Å². The van der Waals surface area contributed by atoms with Gasteiger partial charge in [-0.15, -0.1) is 0 Å². The third kappa shape index (κ3) is 2.99. The minimum Gasteiger partial charge on any atom is -0.393 e. The van der Waals surface area contributed by atoms with E-state index in [0.29, 0.717) is 6.54 Å². The van der Waals surface area contributed by atoms with Crippen molar-refractivity contribution < 1.29 is 9.90 Å². The van der Waals surface area contributed by atoms with Gasteiger partial charge in [0.2, 0.25) is 5.91 Å². The number of rotatable bonds is 3. The summed E-state index contributed by atoms with van der Waals surface area (Å²) < 4.78 is 0. The maximum absolute atomic E-state index is 12.0. The average molecular weight is 240 g/mol. The molecule has 2 rings (SSSR count). The second-order valence-corrected chi connectivity index (χ2v) is 5.69. The van der Waals surface area contributed by atoms with Gasteiger partial charge in [0.25, 0.3) is 0 Å². The zero-order valence-corrected chi connectivity index (χ0v) is 10.5. The molecule has 2 aliphatic rings. The van der Waals surface area contributed by atoms with Crippen molar-refractivity contribution in [2.75, 3.05) is 6.54 Å². The standard InChI is InChI=1S/C13H24N2O2/c14-13(7-3-4-8-13)12(17)15-9-10-5-1-2-6-11(10)16/h10-11,16H,1-9,14H2,(H,15,17). The van der Waals surface area contributed by atoms with Gasteiger partial charge in [0.1, 0.15) is 0 Å². The van der Waals surface area contributed by atoms with Crippen LogP contribution in [0.15, 0.2) is 0 Å². The number of nitrogens with two attached hydrogens (primary N) is 1. The molecule has 4 nitrogen and oxygen atoms in total. The van der Waals surface area contributed by atoms with E-state index < -0.39 is 5.54 Å². The SMILES string of the molecule is NC1(C(=O)NCC2CCCCC2O)CCCC1. The van der Waals surface area contributed by atoms with Crippen molar-refractivity contribution in [3.8, 4) is 0 Å². The highest BCUT2D eigenvalue weighted by atomic mass is 16.3. The van der Waals surface area contributed by atoms with Gasteiger partial charge in [-0.05, 0) is 25.7 Å². The Morgan fingerprint density at radius 2 is 1.88 bits per heavy atom. The first kappa shape index (κ1) is 12.8. The Morgan fingerprint density at radius 3 is 2.53 bits per heavy atom. The lowest BCUT2D eigenvalue weighted by atomic mass is 9.86. The van der Waals surface area contributed by atoms with E-state index >= 15 is 0 Å². The number of hydrogen-bond acceptors (Lipinski definition) is 3. The number of aliphatic hydroxyl groups is 1. The second kappa shape index (κ2) is 5.36. The molecule has 17 heavy (non-hydrogen) atoms. The van der Waals surface area contributed by atoms with Crippen molar-refractivity contribution in [3.63, 3.8) is 0 Å². The number of aliphatic hydroxyl groups excluding tert-OH is 1. The van der Waals surface area contributed by atoms with Gasteiger partial charge in [-0.3, -0.25) is 4.79 Å². The molecular weight excluding hydrogens is 216 g/mol. The Kier molecular flexibility index (Phi) is 4.05. The molecule has 4 heteroatoms. The molecule has 0 aliphatic heterocycles. The molecule has 0 spiro atoms. The van der Waals surface area contributed by atoms with E-state index in [1.165, 1.54) is 0 Å². The average Bonchev–Trinajstić information content (AvgIpc) is 2.76. The minimum atomic E-state index is -0.639. The summed E-state index contributed by atoms with van der Waals surface area (Å²) in [7, 11) is 0. The van der Waals surface area contributed by atoms with Crippen LogP contribution in [0.1, 0.15) is 51.4 Å². The summed E-state index contributed by atoms with van der Waals surface area (Å²) in [6.45, 7) is 0.582. The first-order valence-electron chi connectivity index (χ1n) is 6.87. The number of carbonyl (C=O) groups is 1. The minimum absolute atomic E-state index is 0.0206. The van der Waals surface area contributed by atoms with Crippen LogP contribution in [0.5, 0.6) is 0 Å². The molecule has 0 saturated heterocycles. The van der Waals surface area contributed by atoms with Crippen molar-refractivity contribution in [1.29, 1.82) is 0 Å². The summed E-state index contributed by atoms with van der Waals surface area (Å²) in [6.07, 6.45) is 7.59. The van der Waals surface area contributed by atoms with Gasteiger partial charge in [0.05, 0.1) is 11.6 Å². The van der Waals surface area contributed by atoms with Crippen molar-refractivity contribution >= 4 is 5.91 Å². The van der Waals surface area contributed by atoms with Crippen molar-refractivity contribution in [1.82, 2.24) is 5.32 Å². The highest BCUT2D eigenvalue weighted by Gasteiger charge is 2.37. The smallest absolute Gasteiger partial charge is 0.240 e. The fourth-order valence-corrected chi connectivity index (χ4v) is 3.06. The second-order valence-electron chi connectivity index (χ2n) is 5.69. The Bertz CT molecular complexity index is 275. The van der Waals surface area contributed by atoms with Crippen LogP contribution in [-0.2, 0) is 4.79 Å². The lowest BCUT2D eigenvalue weighted by Gasteiger charge is -2.29. The molecular formula is C13H24N2O2. The zero-order chi connectivity index (χ0) is 12.3. The van der Waals surface area contributed by atoms with Crippen LogP contribution in [0.25, 0.3) is 0 Å². The van der Waals surface area contributed by atoms with Crippen LogP contribution in [0.3, 0.4) is 0 Å². The van der Waals surface area contributed by atoms with Gasteiger partial charge in [-0.1, -0.05) is 25.7 Å². The van der Waals surface area contributed by atoms with Gasteiger partial charge >= 0.3 is 0 Å². The first-order chi connectivity index (χ1) is 8.12. The van der Waals surface area contributed by atoms with Gasteiger partial charge < -0.3 is 16.2 Å². The molecule has 2 fully saturated rings. The molecule has 2 aliphatic carbocycles. The Balaban J connectivity index is 1.79. The monoisotopic (exact) mass is 240 g/mol. The molecule has 2 saturated carbocycles. The first-order valence-corrected chi connectivity index (χ1v) is 6.87. The molecule has 1 amide bonds. The Labute approximate surface area is 103 Å². The predicted molar refractivity (Wildman–Crippen MR) is 66.4 cm³/mol. The molecule has 0 aromatic carbocycles. The highest BCUT2D eigenvalue weighted by molar-refractivity contribution is 5.86. The van der Waals surface area contributed by atoms with Gasteiger partial charge in [-0.25, -0.2) is 0 Å². The summed E-state index contributed by atoms with van der Waals surface area (Å²) in [4.78, 5) is 12.0. The number of hydrogen-bond donors (Lipinski definition) is 3. The van der Waals surface area contributed by atoms with Crippen LogP contribution in [0.2, 0.25) is 0 Å². The fraction of sp³-hybridized carbons (Fsp3) is 0.923. The molecule has 2 unspecified atom stereocenters. The summed E-state index contributed by atoms with van der Waals surface area (Å²) in [5, 5.41) is 12.8. The van der Waals surface area contributed by atoms with Crippen molar-refractivity contribution in [3.05, 3.63) is 0 Å². The number of nitrogens with one attached hydrogen (secondary N) is 1. The lowest BCUT2D eigenvalue weighted by molar-refractivity contribution is -0.126. The highest BCUT2D eigenvalue weighted by Crippen LogP contribution is 2.28. The normalized spacial score (nSPS) is 32.4. The largest absolute Gasteiger partial charge is 0.393 e. The van der Waals surface area contributed by atoms with Gasteiger partial charge in [0.15, 0.2) is 0 Å². The predicted octanol–water partition coefficient (Wildman–Crippen LogP) is 0.925. The zero-order valence-electron chi connectivity index (χ0n) is 10.5. The summed E-state index contributed by atoms with van der Waals surface area (Å²) in [5.74, 6) is 0.200. The number of amides is 1. The molecule has 0 aromatic heterocycles. The van der Waals surface area contributed by atoms with Crippen LogP contribution in [0.4, 0.5) is 0 Å².